The minimum Gasteiger partial charge on any atom is -0.497 e. The lowest BCUT2D eigenvalue weighted by molar-refractivity contribution is 0.102. The number of anilines is 1. The van der Waals surface area contributed by atoms with Crippen molar-refractivity contribution < 1.29 is 14.3 Å². The Labute approximate surface area is 177 Å². The van der Waals surface area contributed by atoms with Gasteiger partial charge >= 0.3 is 0 Å². The van der Waals surface area contributed by atoms with Crippen molar-refractivity contribution in [1.82, 2.24) is 14.8 Å². The molecule has 152 valence electrons. The Morgan fingerprint density at radius 1 is 1.13 bits per heavy atom. The predicted octanol–water partition coefficient (Wildman–Crippen LogP) is 4.24. The van der Waals surface area contributed by atoms with Crippen LogP contribution < -0.4 is 14.8 Å². The Morgan fingerprint density at radius 2 is 2.00 bits per heavy atom. The fourth-order valence-electron chi connectivity index (χ4n) is 3.78. The van der Waals surface area contributed by atoms with Crippen LogP contribution in [0.4, 0.5) is 5.82 Å². The number of carbonyl (C=O) groups excluding carboxylic acids is 1. The molecule has 0 bridgehead atoms. The van der Waals surface area contributed by atoms with Gasteiger partial charge in [-0.2, -0.15) is 9.78 Å². The highest BCUT2D eigenvalue weighted by Gasteiger charge is 2.26. The normalized spacial score (nSPS) is 12.7. The van der Waals surface area contributed by atoms with Gasteiger partial charge in [0.05, 0.1) is 35.7 Å². The first kappa shape index (κ1) is 18.6. The molecule has 1 aliphatic rings. The van der Waals surface area contributed by atoms with E-state index in [2.05, 4.69) is 5.32 Å². The van der Waals surface area contributed by atoms with E-state index in [9.17, 15) is 4.79 Å². The molecule has 0 unspecified atom stereocenters. The number of amides is 1. The number of aromatic nitrogens is 3. The monoisotopic (exact) mass is 420 g/mol. The number of hydrogen-bond donors (Lipinski definition) is 1. The van der Waals surface area contributed by atoms with E-state index in [1.165, 1.54) is 0 Å². The average molecular weight is 420 g/mol. The molecule has 2 aromatic heterocycles. The van der Waals surface area contributed by atoms with E-state index in [0.717, 1.165) is 45.9 Å². The van der Waals surface area contributed by atoms with Gasteiger partial charge < -0.3 is 14.8 Å². The Kier molecular flexibility index (Phi) is 4.63. The predicted molar refractivity (Wildman–Crippen MR) is 116 cm³/mol. The molecule has 0 radical (unpaired) electrons. The second kappa shape index (κ2) is 7.46. The standard InChI is InChI=1S/C22H20N4O3S/c1-28-13-10-11-18(29-2)15(12-13)21(27)24-20-14-6-5-8-16(14)25-26(20)22-23-17-7-3-4-9-19(17)30-22/h3-4,7,9-12H,5-6,8H2,1-2H3,(H,24,27). The van der Waals surface area contributed by atoms with Gasteiger partial charge in [-0.05, 0) is 49.6 Å². The molecule has 8 heteroatoms. The zero-order chi connectivity index (χ0) is 20.7. The van der Waals surface area contributed by atoms with Gasteiger partial charge in [0.1, 0.15) is 17.3 Å². The average Bonchev–Trinajstić information content (AvgIpc) is 3.48. The van der Waals surface area contributed by atoms with Crippen molar-refractivity contribution in [2.45, 2.75) is 19.3 Å². The molecule has 2 aromatic carbocycles. The van der Waals surface area contributed by atoms with Crippen molar-refractivity contribution in [3.05, 3.63) is 59.3 Å². The van der Waals surface area contributed by atoms with Gasteiger partial charge in [0, 0.05) is 5.56 Å². The molecule has 0 saturated heterocycles. The van der Waals surface area contributed by atoms with E-state index < -0.39 is 0 Å². The van der Waals surface area contributed by atoms with E-state index >= 15 is 0 Å². The number of methoxy groups -OCH3 is 2. The van der Waals surface area contributed by atoms with Gasteiger partial charge in [0.15, 0.2) is 0 Å². The quantitative estimate of drug-likeness (QED) is 0.522. The Hall–Kier alpha value is -3.39. The lowest BCUT2D eigenvalue weighted by Gasteiger charge is -2.12. The molecule has 7 nitrogen and oxygen atoms in total. The van der Waals surface area contributed by atoms with Crippen LogP contribution in [0.1, 0.15) is 28.0 Å². The molecule has 2 heterocycles. The lowest BCUT2D eigenvalue weighted by atomic mass is 10.1. The molecule has 0 atom stereocenters. The van der Waals surface area contributed by atoms with Crippen LogP contribution in [0.5, 0.6) is 11.5 Å². The highest BCUT2D eigenvalue weighted by atomic mass is 32.1. The number of fused-ring (bicyclic) bond motifs is 2. The van der Waals surface area contributed by atoms with Crippen LogP contribution in [0.25, 0.3) is 15.3 Å². The van der Waals surface area contributed by atoms with Crippen LogP contribution in [-0.2, 0) is 12.8 Å². The number of ether oxygens (including phenoxy) is 2. The summed E-state index contributed by atoms with van der Waals surface area (Å²) < 4.78 is 13.5. The minimum atomic E-state index is -0.275. The van der Waals surface area contributed by atoms with Gasteiger partial charge in [-0.3, -0.25) is 4.79 Å². The summed E-state index contributed by atoms with van der Waals surface area (Å²) >= 11 is 1.55. The first-order valence-corrected chi connectivity index (χ1v) is 10.5. The Bertz CT molecular complexity index is 1230. The molecule has 0 spiro atoms. The summed E-state index contributed by atoms with van der Waals surface area (Å²) in [4.78, 5) is 17.9. The van der Waals surface area contributed by atoms with Crippen molar-refractivity contribution in [2.24, 2.45) is 0 Å². The van der Waals surface area contributed by atoms with Crippen LogP contribution in [0.3, 0.4) is 0 Å². The summed E-state index contributed by atoms with van der Waals surface area (Å²) in [6, 6.07) is 13.1. The zero-order valence-electron chi connectivity index (χ0n) is 16.6. The molecule has 30 heavy (non-hydrogen) atoms. The summed E-state index contributed by atoms with van der Waals surface area (Å²) in [5, 5.41) is 8.58. The fraction of sp³-hybridized carbons (Fsp3) is 0.227. The summed E-state index contributed by atoms with van der Waals surface area (Å²) in [5.41, 5.74) is 3.41. The molecular weight excluding hydrogens is 400 g/mol. The van der Waals surface area contributed by atoms with Crippen LogP contribution in [0.15, 0.2) is 42.5 Å². The van der Waals surface area contributed by atoms with E-state index in [1.807, 2.05) is 24.3 Å². The largest absolute Gasteiger partial charge is 0.497 e. The van der Waals surface area contributed by atoms with E-state index in [0.29, 0.717) is 22.9 Å². The van der Waals surface area contributed by atoms with Crippen molar-refractivity contribution in [2.75, 3.05) is 19.5 Å². The van der Waals surface area contributed by atoms with Crippen LogP contribution >= 0.6 is 11.3 Å². The molecule has 4 aromatic rings. The number of carbonyl (C=O) groups is 1. The second-order valence-corrected chi connectivity index (χ2v) is 8.03. The molecule has 0 saturated carbocycles. The Balaban J connectivity index is 1.57. The number of para-hydroxylation sites is 1. The summed E-state index contributed by atoms with van der Waals surface area (Å²) in [6.45, 7) is 0. The number of hydrogen-bond acceptors (Lipinski definition) is 6. The second-order valence-electron chi connectivity index (χ2n) is 7.02. The third-order valence-electron chi connectivity index (χ3n) is 5.25. The maximum Gasteiger partial charge on any atom is 0.260 e. The van der Waals surface area contributed by atoms with Crippen molar-refractivity contribution >= 4 is 33.3 Å². The van der Waals surface area contributed by atoms with Gasteiger partial charge in [-0.1, -0.05) is 23.5 Å². The van der Waals surface area contributed by atoms with Gasteiger partial charge in [0.2, 0.25) is 5.13 Å². The van der Waals surface area contributed by atoms with E-state index in [4.69, 9.17) is 19.6 Å². The summed E-state index contributed by atoms with van der Waals surface area (Å²) in [7, 11) is 3.11. The topological polar surface area (TPSA) is 78.3 Å². The number of benzene rings is 2. The highest BCUT2D eigenvalue weighted by Crippen LogP contribution is 2.34. The molecule has 5 rings (SSSR count). The molecule has 1 aliphatic carbocycles. The SMILES string of the molecule is COc1ccc(OC)c(C(=O)Nc2c3c(nn2-c2nc4ccccc4s2)CCC3)c1. The summed E-state index contributed by atoms with van der Waals surface area (Å²) in [6.07, 6.45) is 2.81. The van der Waals surface area contributed by atoms with E-state index in [-0.39, 0.29) is 5.91 Å². The van der Waals surface area contributed by atoms with Crippen LogP contribution in [-0.4, -0.2) is 34.9 Å². The maximum atomic E-state index is 13.2. The molecule has 1 amide bonds. The number of nitrogens with one attached hydrogen (secondary N) is 1. The number of nitrogens with zero attached hydrogens (tertiary/aromatic N) is 3. The number of aryl methyl sites for hydroxylation is 1. The highest BCUT2D eigenvalue weighted by molar-refractivity contribution is 7.20. The van der Waals surface area contributed by atoms with Crippen molar-refractivity contribution in [3.63, 3.8) is 0 Å². The first-order valence-electron chi connectivity index (χ1n) is 9.68. The van der Waals surface area contributed by atoms with Crippen molar-refractivity contribution in [3.8, 4) is 16.6 Å². The van der Waals surface area contributed by atoms with E-state index in [1.54, 1.807) is 48.4 Å². The zero-order valence-corrected chi connectivity index (χ0v) is 17.5. The number of thiazole rings is 1. The van der Waals surface area contributed by atoms with Gasteiger partial charge in [-0.25, -0.2) is 4.98 Å². The third-order valence-corrected chi connectivity index (χ3v) is 6.27. The van der Waals surface area contributed by atoms with Crippen molar-refractivity contribution in [1.29, 1.82) is 0 Å². The first-order chi connectivity index (χ1) is 14.7. The molecule has 0 aliphatic heterocycles. The Morgan fingerprint density at radius 3 is 2.80 bits per heavy atom. The minimum absolute atomic E-state index is 0.275. The maximum absolute atomic E-state index is 13.2. The molecular formula is C22H20N4O3S. The van der Waals surface area contributed by atoms with Crippen LogP contribution in [0, 0.1) is 0 Å². The smallest absolute Gasteiger partial charge is 0.260 e. The van der Waals surface area contributed by atoms with Crippen LogP contribution in [0.2, 0.25) is 0 Å². The van der Waals surface area contributed by atoms with Gasteiger partial charge in [0.25, 0.3) is 5.91 Å². The summed E-state index contributed by atoms with van der Waals surface area (Å²) in [5.74, 6) is 1.47. The lowest BCUT2D eigenvalue weighted by Crippen LogP contribution is -2.17. The molecule has 1 N–H and O–H groups in total. The third kappa shape index (κ3) is 3.09. The van der Waals surface area contributed by atoms with Gasteiger partial charge in [-0.15, -0.1) is 0 Å². The fourth-order valence-corrected chi connectivity index (χ4v) is 4.70. The number of rotatable bonds is 5. The molecule has 0 fully saturated rings.